The predicted octanol–water partition coefficient (Wildman–Crippen LogP) is 3.95. The summed E-state index contributed by atoms with van der Waals surface area (Å²) in [5, 5.41) is 0. The van der Waals surface area contributed by atoms with Crippen LogP contribution >= 0.6 is 0 Å². The average Bonchev–Trinajstić information content (AvgIpc) is 2.41. The molecular formula is C16H22FNO. The minimum atomic E-state index is -0.233. The van der Waals surface area contributed by atoms with E-state index in [2.05, 4.69) is 0 Å². The molecule has 1 fully saturated rings. The highest BCUT2D eigenvalue weighted by Gasteiger charge is 2.28. The number of hydrogen-bond acceptors (Lipinski definition) is 2. The second-order valence-corrected chi connectivity index (χ2v) is 6.00. The molecule has 0 radical (unpaired) electrons. The van der Waals surface area contributed by atoms with E-state index < -0.39 is 0 Å². The van der Waals surface area contributed by atoms with Crippen molar-refractivity contribution in [2.75, 3.05) is 0 Å². The molecule has 3 heteroatoms. The maximum Gasteiger partial charge on any atom is 0.124 e. The number of halogens is 1. The van der Waals surface area contributed by atoms with Gasteiger partial charge in [0.25, 0.3) is 0 Å². The van der Waals surface area contributed by atoms with Gasteiger partial charge in [-0.05, 0) is 30.5 Å². The summed E-state index contributed by atoms with van der Waals surface area (Å²) in [5.41, 5.74) is 6.98. The first kappa shape index (κ1) is 12.9. The first-order valence-electron chi connectivity index (χ1n) is 7.44. The molecule has 3 rings (SSSR count). The van der Waals surface area contributed by atoms with E-state index in [0.29, 0.717) is 0 Å². The van der Waals surface area contributed by atoms with Gasteiger partial charge in [-0.1, -0.05) is 32.1 Å². The van der Waals surface area contributed by atoms with Gasteiger partial charge in [0.05, 0.1) is 0 Å². The van der Waals surface area contributed by atoms with Gasteiger partial charge in [-0.25, -0.2) is 4.39 Å². The smallest absolute Gasteiger partial charge is 0.124 e. The van der Waals surface area contributed by atoms with Gasteiger partial charge in [-0.2, -0.15) is 0 Å². The fourth-order valence-electron chi connectivity index (χ4n) is 3.49. The molecule has 0 amide bonds. The van der Waals surface area contributed by atoms with Crippen molar-refractivity contribution in [3.63, 3.8) is 0 Å². The Labute approximate surface area is 114 Å². The maximum atomic E-state index is 13.2. The van der Waals surface area contributed by atoms with Gasteiger partial charge in [0.1, 0.15) is 17.7 Å². The minimum Gasteiger partial charge on any atom is -0.490 e. The topological polar surface area (TPSA) is 35.2 Å². The Bertz CT molecular complexity index is 442. The van der Waals surface area contributed by atoms with Gasteiger partial charge in [-0.15, -0.1) is 0 Å². The molecule has 2 nitrogen and oxygen atoms in total. The van der Waals surface area contributed by atoms with Crippen molar-refractivity contribution in [2.24, 2.45) is 11.7 Å². The monoisotopic (exact) mass is 263 g/mol. The lowest BCUT2D eigenvalue weighted by Crippen LogP contribution is -2.31. The molecule has 1 saturated carbocycles. The summed E-state index contributed by atoms with van der Waals surface area (Å²) in [6.45, 7) is 0. The lowest BCUT2D eigenvalue weighted by atomic mass is 9.83. The maximum absolute atomic E-state index is 13.2. The zero-order chi connectivity index (χ0) is 13.2. The summed E-state index contributed by atoms with van der Waals surface area (Å²) >= 11 is 0. The molecule has 2 atom stereocenters. The van der Waals surface area contributed by atoms with Gasteiger partial charge in [0, 0.05) is 18.0 Å². The van der Waals surface area contributed by atoms with Crippen LogP contribution in [-0.2, 0) is 0 Å². The van der Waals surface area contributed by atoms with Gasteiger partial charge in [-0.3, -0.25) is 0 Å². The molecule has 0 bridgehead atoms. The summed E-state index contributed by atoms with van der Waals surface area (Å²) in [4.78, 5) is 0. The summed E-state index contributed by atoms with van der Waals surface area (Å²) < 4.78 is 19.2. The van der Waals surface area contributed by atoms with Crippen LogP contribution in [-0.4, -0.2) is 6.10 Å². The summed E-state index contributed by atoms with van der Waals surface area (Å²) in [7, 11) is 0. The van der Waals surface area contributed by atoms with E-state index in [1.807, 2.05) is 0 Å². The second-order valence-electron chi connectivity index (χ2n) is 6.00. The Morgan fingerprint density at radius 2 is 2.00 bits per heavy atom. The molecule has 1 aromatic rings. The molecule has 0 saturated heterocycles. The van der Waals surface area contributed by atoms with E-state index in [1.165, 1.54) is 44.2 Å². The molecule has 1 aliphatic carbocycles. The third kappa shape index (κ3) is 2.92. The Balaban J connectivity index is 1.68. The van der Waals surface area contributed by atoms with Crippen molar-refractivity contribution >= 4 is 0 Å². The quantitative estimate of drug-likeness (QED) is 0.877. The van der Waals surface area contributed by atoms with Gasteiger partial charge >= 0.3 is 0 Å². The molecule has 1 heterocycles. The van der Waals surface area contributed by atoms with E-state index in [9.17, 15) is 4.39 Å². The third-order valence-electron chi connectivity index (χ3n) is 4.50. The molecule has 19 heavy (non-hydrogen) atoms. The van der Waals surface area contributed by atoms with E-state index in [1.54, 1.807) is 6.07 Å². The number of rotatable bonds is 2. The van der Waals surface area contributed by atoms with Crippen molar-refractivity contribution in [2.45, 2.75) is 57.1 Å². The second kappa shape index (κ2) is 5.49. The number of nitrogens with two attached hydrogens (primary N) is 1. The van der Waals surface area contributed by atoms with Crippen molar-refractivity contribution < 1.29 is 9.13 Å². The zero-order valence-electron chi connectivity index (χ0n) is 11.3. The van der Waals surface area contributed by atoms with Crippen LogP contribution in [0.25, 0.3) is 0 Å². The van der Waals surface area contributed by atoms with Crippen molar-refractivity contribution in [3.05, 3.63) is 29.6 Å². The molecular weight excluding hydrogens is 241 g/mol. The van der Waals surface area contributed by atoms with E-state index in [0.717, 1.165) is 30.1 Å². The van der Waals surface area contributed by atoms with Crippen LogP contribution in [0.15, 0.2) is 18.2 Å². The number of ether oxygens (including phenoxy) is 1. The van der Waals surface area contributed by atoms with Gasteiger partial charge in [0.15, 0.2) is 0 Å². The number of benzene rings is 1. The largest absolute Gasteiger partial charge is 0.490 e. The summed E-state index contributed by atoms with van der Waals surface area (Å²) in [5.74, 6) is 1.33. The van der Waals surface area contributed by atoms with Gasteiger partial charge < -0.3 is 10.5 Å². The number of hydrogen-bond donors (Lipinski definition) is 1. The summed E-state index contributed by atoms with van der Waals surface area (Å²) in [6.07, 6.45) is 8.85. The van der Waals surface area contributed by atoms with Crippen molar-refractivity contribution in [1.82, 2.24) is 0 Å². The van der Waals surface area contributed by atoms with Crippen LogP contribution in [0.1, 0.15) is 56.6 Å². The first-order valence-corrected chi connectivity index (χ1v) is 7.44. The van der Waals surface area contributed by atoms with Crippen LogP contribution in [0.5, 0.6) is 5.75 Å². The molecule has 1 aromatic carbocycles. The Morgan fingerprint density at radius 3 is 2.79 bits per heavy atom. The first-order chi connectivity index (χ1) is 9.22. The van der Waals surface area contributed by atoms with Crippen LogP contribution in [0.2, 0.25) is 0 Å². The molecule has 2 unspecified atom stereocenters. The highest BCUT2D eigenvalue weighted by Crippen LogP contribution is 2.37. The lowest BCUT2D eigenvalue weighted by molar-refractivity contribution is 0.120. The highest BCUT2D eigenvalue weighted by atomic mass is 19.1. The SMILES string of the molecule is NC1CC(CC2CCCCC2)Oc2ccc(F)cc21. The van der Waals surface area contributed by atoms with Crippen LogP contribution < -0.4 is 10.5 Å². The van der Waals surface area contributed by atoms with Gasteiger partial charge in [0.2, 0.25) is 0 Å². The number of fused-ring (bicyclic) bond motifs is 1. The van der Waals surface area contributed by atoms with E-state index in [4.69, 9.17) is 10.5 Å². The standard InChI is InChI=1S/C16H22FNO/c17-12-6-7-16-14(9-12)15(18)10-13(19-16)8-11-4-2-1-3-5-11/h6-7,9,11,13,15H,1-5,8,10,18H2. The molecule has 0 spiro atoms. The van der Waals surface area contributed by atoms with Crippen molar-refractivity contribution in [1.29, 1.82) is 0 Å². The molecule has 2 aliphatic rings. The Hall–Kier alpha value is -1.09. The molecule has 1 aliphatic heterocycles. The van der Waals surface area contributed by atoms with Crippen LogP contribution in [0, 0.1) is 11.7 Å². The lowest BCUT2D eigenvalue weighted by Gasteiger charge is -2.33. The Morgan fingerprint density at radius 1 is 1.21 bits per heavy atom. The van der Waals surface area contributed by atoms with Crippen molar-refractivity contribution in [3.8, 4) is 5.75 Å². The Kier molecular flexibility index (Phi) is 3.74. The predicted molar refractivity (Wildman–Crippen MR) is 73.6 cm³/mol. The van der Waals surface area contributed by atoms with E-state index >= 15 is 0 Å². The molecule has 2 N–H and O–H groups in total. The van der Waals surface area contributed by atoms with Crippen LogP contribution in [0.3, 0.4) is 0 Å². The van der Waals surface area contributed by atoms with Crippen LogP contribution in [0.4, 0.5) is 4.39 Å². The summed E-state index contributed by atoms with van der Waals surface area (Å²) in [6, 6.07) is 4.59. The average molecular weight is 263 g/mol. The van der Waals surface area contributed by atoms with E-state index in [-0.39, 0.29) is 18.0 Å². The minimum absolute atomic E-state index is 0.0898. The molecule has 0 aromatic heterocycles. The third-order valence-corrected chi connectivity index (χ3v) is 4.50. The zero-order valence-corrected chi connectivity index (χ0v) is 11.3. The highest BCUT2D eigenvalue weighted by molar-refractivity contribution is 5.38. The fraction of sp³-hybridized carbons (Fsp3) is 0.625. The normalized spacial score (nSPS) is 27.7. The fourth-order valence-corrected chi connectivity index (χ4v) is 3.49. The molecule has 104 valence electrons.